The molecule has 1 heterocycles. The predicted molar refractivity (Wildman–Crippen MR) is 86.7 cm³/mol. The van der Waals surface area contributed by atoms with Gasteiger partial charge in [0, 0.05) is 18.6 Å². The molecule has 0 aromatic heterocycles. The maximum atomic E-state index is 12.2. The van der Waals surface area contributed by atoms with Gasteiger partial charge < -0.3 is 20.3 Å². The van der Waals surface area contributed by atoms with Gasteiger partial charge in [-0.2, -0.15) is 5.26 Å². The Labute approximate surface area is 138 Å². The van der Waals surface area contributed by atoms with Gasteiger partial charge in [-0.1, -0.05) is 0 Å². The van der Waals surface area contributed by atoms with Crippen molar-refractivity contribution >= 4 is 12.0 Å². The Bertz CT molecular complexity index is 477. The lowest BCUT2D eigenvalue weighted by molar-refractivity contribution is -0.130. The van der Waals surface area contributed by atoms with Crippen molar-refractivity contribution in [1.82, 2.24) is 15.5 Å². The van der Waals surface area contributed by atoms with Crippen LogP contribution < -0.4 is 10.6 Å². The Balaban J connectivity index is 2.39. The van der Waals surface area contributed by atoms with Crippen LogP contribution in [-0.2, 0) is 9.53 Å². The molecule has 7 heteroatoms. The minimum absolute atomic E-state index is 0.0839. The van der Waals surface area contributed by atoms with Crippen LogP contribution in [0.25, 0.3) is 0 Å². The Morgan fingerprint density at radius 2 is 1.96 bits per heavy atom. The van der Waals surface area contributed by atoms with Crippen LogP contribution in [0.4, 0.5) is 4.79 Å². The number of carbonyl (C=O) groups excluding carboxylic acids is 2. The Morgan fingerprint density at radius 1 is 1.30 bits per heavy atom. The number of nitrogens with zero attached hydrogens (tertiary/aromatic N) is 2. The summed E-state index contributed by atoms with van der Waals surface area (Å²) in [5.41, 5.74) is -1.01. The van der Waals surface area contributed by atoms with Gasteiger partial charge in [0.05, 0.1) is 12.6 Å². The third-order valence-electron chi connectivity index (χ3n) is 3.51. The molecule has 1 rings (SSSR count). The first-order chi connectivity index (χ1) is 10.5. The topological polar surface area (TPSA) is 94.5 Å². The molecule has 0 aliphatic carbocycles. The summed E-state index contributed by atoms with van der Waals surface area (Å²) < 4.78 is 5.18. The second-order valence-corrected chi connectivity index (χ2v) is 7.47. The SMILES string of the molecule is CC(C)(CNC(=O)OC(C)(C)C)NCC(=O)N1CCC[C@H]1C#N. The maximum Gasteiger partial charge on any atom is 0.407 e. The molecule has 7 nitrogen and oxygen atoms in total. The molecule has 2 N–H and O–H groups in total. The highest BCUT2D eigenvalue weighted by Gasteiger charge is 2.29. The number of hydrogen-bond acceptors (Lipinski definition) is 5. The molecule has 0 unspecified atom stereocenters. The summed E-state index contributed by atoms with van der Waals surface area (Å²) in [7, 11) is 0. The minimum Gasteiger partial charge on any atom is -0.444 e. The van der Waals surface area contributed by atoms with Crippen LogP contribution in [0.3, 0.4) is 0 Å². The molecule has 0 radical (unpaired) electrons. The molecule has 1 fully saturated rings. The van der Waals surface area contributed by atoms with E-state index in [1.54, 1.807) is 25.7 Å². The first kappa shape index (κ1) is 19.2. The highest BCUT2D eigenvalue weighted by molar-refractivity contribution is 5.79. The fourth-order valence-electron chi connectivity index (χ4n) is 2.29. The summed E-state index contributed by atoms with van der Waals surface area (Å²) >= 11 is 0. The molecule has 130 valence electrons. The van der Waals surface area contributed by atoms with E-state index in [0.29, 0.717) is 13.1 Å². The van der Waals surface area contributed by atoms with E-state index in [1.165, 1.54) is 0 Å². The second kappa shape index (κ2) is 7.64. The van der Waals surface area contributed by atoms with Crippen molar-refractivity contribution in [2.75, 3.05) is 19.6 Å². The summed E-state index contributed by atoms with van der Waals surface area (Å²) in [6, 6.07) is 1.84. The Hall–Kier alpha value is -1.81. The number of carbonyl (C=O) groups is 2. The van der Waals surface area contributed by atoms with Crippen LogP contribution >= 0.6 is 0 Å². The molecule has 0 saturated carbocycles. The lowest BCUT2D eigenvalue weighted by atomic mass is 10.1. The molecule has 0 aromatic rings. The quantitative estimate of drug-likeness (QED) is 0.797. The van der Waals surface area contributed by atoms with E-state index >= 15 is 0 Å². The standard InChI is InChI=1S/C16H28N4O3/c1-15(2,3)23-14(22)18-11-16(4,5)19-10-13(21)20-8-6-7-12(20)9-17/h12,19H,6-8,10-11H2,1-5H3,(H,18,22)/t12-/m0/s1. The van der Waals surface area contributed by atoms with Crippen molar-refractivity contribution < 1.29 is 14.3 Å². The fraction of sp³-hybridized carbons (Fsp3) is 0.812. The van der Waals surface area contributed by atoms with E-state index in [-0.39, 0.29) is 18.5 Å². The molecule has 0 aromatic carbocycles. The molecular weight excluding hydrogens is 296 g/mol. The molecular formula is C16H28N4O3. The molecule has 1 saturated heterocycles. The van der Waals surface area contributed by atoms with E-state index in [4.69, 9.17) is 10.00 Å². The first-order valence-electron chi connectivity index (χ1n) is 7.95. The predicted octanol–water partition coefficient (Wildman–Crippen LogP) is 1.39. The Morgan fingerprint density at radius 3 is 2.52 bits per heavy atom. The van der Waals surface area contributed by atoms with Crippen LogP contribution in [0.15, 0.2) is 0 Å². The minimum atomic E-state index is -0.542. The van der Waals surface area contributed by atoms with Gasteiger partial charge >= 0.3 is 6.09 Å². The van der Waals surface area contributed by atoms with E-state index in [2.05, 4.69) is 16.7 Å². The average Bonchev–Trinajstić information content (AvgIpc) is 2.89. The number of rotatable bonds is 5. The van der Waals surface area contributed by atoms with E-state index in [9.17, 15) is 9.59 Å². The highest BCUT2D eigenvalue weighted by Crippen LogP contribution is 2.16. The molecule has 23 heavy (non-hydrogen) atoms. The van der Waals surface area contributed by atoms with Gasteiger partial charge in [-0.15, -0.1) is 0 Å². The second-order valence-electron chi connectivity index (χ2n) is 7.47. The van der Waals surface area contributed by atoms with E-state index < -0.39 is 17.2 Å². The molecule has 2 amide bonds. The van der Waals surface area contributed by atoms with Crippen molar-refractivity contribution in [2.45, 2.75) is 64.6 Å². The zero-order chi connectivity index (χ0) is 17.7. The third-order valence-corrected chi connectivity index (χ3v) is 3.51. The van der Waals surface area contributed by atoms with Crippen molar-refractivity contribution in [1.29, 1.82) is 5.26 Å². The molecule has 1 aliphatic heterocycles. The summed E-state index contributed by atoms with van der Waals surface area (Å²) in [5, 5.41) is 14.8. The zero-order valence-electron chi connectivity index (χ0n) is 14.7. The number of amides is 2. The average molecular weight is 324 g/mol. The largest absolute Gasteiger partial charge is 0.444 e. The molecule has 1 atom stereocenters. The van der Waals surface area contributed by atoms with Crippen molar-refractivity contribution in [3.8, 4) is 6.07 Å². The van der Waals surface area contributed by atoms with Gasteiger partial charge in [-0.25, -0.2) is 4.79 Å². The summed E-state index contributed by atoms with van der Waals surface area (Å²) in [6.45, 7) is 10.3. The van der Waals surface area contributed by atoms with Gasteiger partial charge in [-0.05, 0) is 47.5 Å². The first-order valence-corrected chi connectivity index (χ1v) is 7.95. The van der Waals surface area contributed by atoms with Crippen LogP contribution in [-0.4, -0.2) is 53.7 Å². The van der Waals surface area contributed by atoms with E-state index in [1.807, 2.05) is 13.8 Å². The summed E-state index contributed by atoms with van der Waals surface area (Å²) in [5.74, 6) is -0.0839. The van der Waals surface area contributed by atoms with Crippen molar-refractivity contribution in [3.63, 3.8) is 0 Å². The number of alkyl carbamates (subject to hydrolysis) is 1. The van der Waals surface area contributed by atoms with Gasteiger partial charge in [0.2, 0.25) is 5.91 Å². The zero-order valence-corrected chi connectivity index (χ0v) is 14.7. The normalized spacial score (nSPS) is 18.4. The third kappa shape index (κ3) is 6.87. The number of hydrogen-bond donors (Lipinski definition) is 2. The molecule has 0 bridgehead atoms. The summed E-state index contributed by atoms with van der Waals surface area (Å²) in [6.07, 6.45) is 1.13. The highest BCUT2D eigenvalue weighted by atomic mass is 16.6. The maximum absolute atomic E-state index is 12.2. The van der Waals surface area contributed by atoms with Crippen molar-refractivity contribution in [3.05, 3.63) is 0 Å². The Kier molecular flexibility index (Phi) is 6.39. The van der Waals surface area contributed by atoms with Gasteiger partial charge in [0.15, 0.2) is 0 Å². The molecule has 1 aliphatic rings. The van der Waals surface area contributed by atoms with Gasteiger partial charge in [0.1, 0.15) is 11.6 Å². The number of nitrogens with one attached hydrogen (secondary N) is 2. The lowest BCUT2D eigenvalue weighted by Crippen LogP contribution is -2.53. The van der Waals surface area contributed by atoms with Crippen LogP contribution in [0.5, 0.6) is 0 Å². The van der Waals surface area contributed by atoms with Crippen LogP contribution in [0, 0.1) is 11.3 Å². The number of likely N-dealkylation sites (tertiary alicyclic amines) is 1. The summed E-state index contributed by atoms with van der Waals surface area (Å²) in [4.78, 5) is 25.5. The smallest absolute Gasteiger partial charge is 0.407 e. The number of nitriles is 1. The van der Waals surface area contributed by atoms with Gasteiger partial charge in [0.25, 0.3) is 0 Å². The fourth-order valence-corrected chi connectivity index (χ4v) is 2.29. The number of ether oxygens (including phenoxy) is 1. The lowest BCUT2D eigenvalue weighted by Gasteiger charge is -2.29. The molecule has 0 spiro atoms. The van der Waals surface area contributed by atoms with Crippen LogP contribution in [0.1, 0.15) is 47.5 Å². The van der Waals surface area contributed by atoms with Crippen molar-refractivity contribution in [2.24, 2.45) is 0 Å². The van der Waals surface area contributed by atoms with Crippen LogP contribution in [0.2, 0.25) is 0 Å². The van der Waals surface area contributed by atoms with E-state index in [0.717, 1.165) is 12.8 Å². The monoisotopic (exact) mass is 324 g/mol. The van der Waals surface area contributed by atoms with Gasteiger partial charge in [-0.3, -0.25) is 4.79 Å².